The molecule has 0 bridgehead atoms. The molecule has 5 nitrogen and oxygen atoms in total. The molecule has 1 saturated carbocycles. The molecule has 0 amide bonds. The van der Waals surface area contributed by atoms with Crippen LogP contribution >= 0.6 is 11.3 Å². The Morgan fingerprint density at radius 2 is 2.20 bits per heavy atom. The summed E-state index contributed by atoms with van der Waals surface area (Å²) < 4.78 is 8.04. The van der Waals surface area contributed by atoms with Crippen LogP contribution in [-0.4, -0.2) is 14.7 Å². The molecular weight excluding hydrogens is 274 g/mol. The van der Waals surface area contributed by atoms with Crippen LogP contribution in [0, 0.1) is 0 Å². The van der Waals surface area contributed by atoms with Crippen molar-refractivity contribution in [3.63, 3.8) is 0 Å². The molecule has 0 unspecified atom stereocenters. The second-order valence-corrected chi connectivity index (χ2v) is 6.14. The number of hydrogen-bond donors (Lipinski definition) is 0. The summed E-state index contributed by atoms with van der Waals surface area (Å²) in [5, 5.41) is 4.02. The van der Waals surface area contributed by atoms with Gasteiger partial charge < -0.3 is 4.52 Å². The van der Waals surface area contributed by atoms with E-state index >= 15 is 0 Å². The van der Waals surface area contributed by atoms with Gasteiger partial charge in [-0.25, -0.2) is 0 Å². The molecule has 20 heavy (non-hydrogen) atoms. The van der Waals surface area contributed by atoms with Gasteiger partial charge in [0, 0.05) is 5.92 Å². The average Bonchev–Trinajstić information content (AvgIpc) is 3.08. The van der Waals surface area contributed by atoms with Crippen LogP contribution in [0.15, 0.2) is 33.6 Å². The van der Waals surface area contributed by atoms with Crippen molar-refractivity contribution in [3.05, 3.63) is 45.6 Å². The molecule has 4 rings (SSSR count). The van der Waals surface area contributed by atoms with Gasteiger partial charge in [0.05, 0.1) is 10.2 Å². The largest absolute Gasteiger partial charge is 0.337 e. The fraction of sp³-hybridized carbons (Fsp3) is 0.357. The van der Waals surface area contributed by atoms with Crippen molar-refractivity contribution < 1.29 is 4.52 Å². The molecule has 0 saturated heterocycles. The van der Waals surface area contributed by atoms with Crippen molar-refractivity contribution in [2.75, 3.05) is 0 Å². The molecule has 3 aromatic rings. The minimum atomic E-state index is -0.237. The third-order valence-electron chi connectivity index (χ3n) is 3.66. The lowest BCUT2D eigenvalue weighted by atomic mass is 10.3. The summed E-state index contributed by atoms with van der Waals surface area (Å²) in [7, 11) is 0. The number of rotatable bonds is 3. The van der Waals surface area contributed by atoms with Crippen LogP contribution in [0.25, 0.3) is 10.2 Å². The van der Waals surface area contributed by atoms with Crippen molar-refractivity contribution in [1.82, 2.24) is 14.7 Å². The highest BCUT2D eigenvalue weighted by molar-refractivity contribution is 7.16. The third kappa shape index (κ3) is 1.79. The Hall–Kier alpha value is -1.95. The smallest absolute Gasteiger partial charge is 0.308 e. The molecule has 0 spiro atoms. The molecule has 2 heterocycles. The highest BCUT2D eigenvalue weighted by Crippen LogP contribution is 2.38. The van der Waals surface area contributed by atoms with Gasteiger partial charge in [0.1, 0.15) is 6.04 Å². The lowest BCUT2D eigenvalue weighted by Gasteiger charge is -2.08. The van der Waals surface area contributed by atoms with Crippen molar-refractivity contribution in [2.24, 2.45) is 0 Å². The monoisotopic (exact) mass is 287 g/mol. The Morgan fingerprint density at radius 1 is 1.40 bits per heavy atom. The van der Waals surface area contributed by atoms with Gasteiger partial charge >= 0.3 is 4.87 Å². The van der Waals surface area contributed by atoms with Crippen molar-refractivity contribution in [2.45, 2.75) is 31.7 Å². The Balaban J connectivity index is 1.80. The van der Waals surface area contributed by atoms with Gasteiger partial charge in [-0.2, -0.15) is 4.98 Å². The standard InChI is InChI=1S/C14H13N3O2S/c1-8(13-15-12(16-19-13)9-6-7-9)17-10-4-2-3-5-11(10)20-14(17)18/h2-5,8-9H,6-7H2,1H3/t8-/m0/s1. The topological polar surface area (TPSA) is 60.9 Å². The minimum Gasteiger partial charge on any atom is -0.337 e. The molecule has 0 aliphatic heterocycles. The number of benzene rings is 1. The van der Waals surface area contributed by atoms with E-state index in [1.807, 2.05) is 31.2 Å². The Labute approximate surface area is 118 Å². The van der Waals surface area contributed by atoms with E-state index < -0.39 is 0 Å². The summed E-state index contributed by atoms with van der Waals surface area (Å²) in [6.45, 7) is 1.92. The second kappa shape index (κ2) is 4.28. The SMILES string of the molecule is C[C@@H](c1nc(C2CC2)no1)n1c(=O)sc2ccccc21. The van der Waals surface area contributed by atoms with Gasteiger partial charge in [-0.1, -0.05) is 28.6 Å². The summed E-state index contributed by atoms with van der Waals surface area (Å²) in [6.07, 6.45) is 2.27. The minimum absolute atomic E-state index is 0.00451. The van der Waals surface area contributed by atoms with E-state index in [0.717, 1.165) is 28.9 Å². The molecule has 2 aromatic heterocycles. The Kier molecular flexibility index (Phi) is 2.53. The predicted octanol–water partition coefficient (Wildman–Crippen LogP) is 2.93. The van der Waals surface area contributed by atoms with Crippen LogP contribution in [0.1, 0.15) is 43.4 Å². The van der Waals surface area contributed by atoms with E-state index in [1.165, 1.54) is 11.3 Å². The maximum atomic E-state index is 12.2. The summed E-state index contributed by atoms with van der Waals surface area (Å²) >= 11 is 1.24. The van der Waals surface area contributed by atoms with Crippen molar-refractivity contribution in [1.29, 1.82) is 0 Å². The highest BCUT2D eigenvalue weighted by Gasteiger charge is 2.30. The van der Waals surface area contributed by atoms with Gasteiger partial charge in [0.15, 0.2) is 5.82 Å². The molecule has 1 atom stereocenters. The van der Waals surface area contributed by atoms with Gasteiger partial charge in [-0.05, 0) is 31.9 Å². The van der Waals surface area contributed by atoms with Gasteiger partial charge in [0.2, 0.25) is 5.89 Å². The molecule has 1 aliphatic carbocycles. The van der Waals surface area contributed by atoms with Crippen molar-refractivity contribution >= 4 is 21.6 Å². The number of nitrogens with zero attached hydrogens (tertiary/aromatic N) is 3. The maximum absolute atomic E-state index is 12.2. The van der Waals surface area contributed by atoms with Crippen LogP contribution in [0.3, 0.4) is 0 Å². The average molecular weight is 287 g/mol. The van der Waals surface area contributed by atoms with Crippen LogP contribution in [0.5, 0.6) is 0 Å². The van der Waals surface area contributed by atoms with E-state index in [0.29, 0.717) is 11.8 Å². The van der Waals surface area contributed by atoms with Crippen molar-refractivity contribution in [3.8, 4) is 0 Å². The summed E-state index contributed by atoms with van der Waals surface area (Å²) in [4.78, 5) is 16.6. The zero-order chi connectivity index (χ0) is 13.7. The predicted molar refractivity (Wildman–Crippen MR) is 76.2 cm³/mol. The number of aromatic nitrogens is 3. The Morgan fingerprint density at radius 3 is 3.00 bits per heavy atom. The zero-order valence-corrected chi connectivity index (χ0v) is 11.8. The second-order valence-electron chi connectivity index (χ2n) is 5.15. The summed E-state index contributed by atoms with van der Waals surface area (Å²) in [5.41, 5.74) is 0.918. The Bertz CT molecular complexity index is 828. The van der Waals surface area contributed by atoms with Gasteiger partial charge in [0.25, 0.3) is 0 Å². The van der Waals surface area contributed by atoms with Crippen LogP contribution in [0.2, 0.25) is 0 Å². The molecular formula is C14H13N3O2S. The molecule has 1 aromatic carbocycles. The summed E-state index contributed by atoms with van der Waals surface area (Å²) in [5.74, 6) is 1.74. The first-order valence-corrected chi connectivity index (χ1v) is 7.49. The highest BCUT2D eigenvalue weighted by atomic mass is 32.1. The van der Waals surface area contributed by atoms with Gasteiger partial charge in [-0.15, -0.1) is 0 Å². The quantitative estimate of drug-likeness (QED) is 0.743. The fourth-order valence-electron chi connectivity index (χ4n) is 2.39. The molecule has 102 valence electrons. The molecule has 0 radical (unpaired) electrons. The first-order chi connectivity index (χ1) is 9.74. The number of thiazole rings is 1. The zero-order valence-electron chi connectivity index (χ0n) is 10.9. The van der Waals surface area contributed by atoms with E-state index in [2.05, 4.69) is 10.1 Å². The maximum Gasteiger partial charge on any atom is 0.308 e. The van der Waals surface area contributed by atoms with E-state index in [1.54, 1.807) is 4.57 Å². The first-order valence-electron chi connectivity index (χ1n) is 6.67. The van der Waals surface area contributed by atoms with Crippen LogP contribution < -0.4 is 4.87 Å². The fourth-order valence-corrected chi connectivity index (χ4v) is 3.35. The van der Waals surface area contributed by atoms with E-state index in [4.69, 9.17) is 4.52 Å². The number of fused-ring (bicyclic) bond motifs is 1. The normalized spacial score (nSPS) is 16.6. The van der Waals surface area contributed by atoms with Crippen LogP contribution in [-0.2, 0) is 0 Å². The molecule has 6 heteroatoms. The number of para-hydroxylation sites is 1. The van der Waals surface area contributed by atoms with E-state index in [-0.39, 0.29) is 10.9 Å². The molecule has 1 fully saturated rings. The lowest BCUT2D eigenvalue weighted by molar-refractivity contribution is 0.343. The summed E-state index contributed by atoms with van der Waals surface area (Å²) in [6, 6.07) is 7.53. The van der Waals surface area contributed by atoms with Crippen LogP contribution in [0.4, 0.5) is 0 Å². The first kappa shape index (κ1) is 11.8. The van der Waals surface area contributed by atoms with Gasteiger partial charge in [-0.3, -0.25) is 9.36 Å². The molecule has 1 aliphatic rings. The third-order valence-corrected chi connectivity index (χ3v) is 4.60. The number of hydrogen-bond acceptors (Lipinski definition) is 5. The lowest BCUT2D eigenvalue weighted by Crippen LogP contribution is -2.18. The molecule has 0 N–H and O–H groups in total. The van der Waals surface area contributed by atoms with E-state index in [9.17, 15) is 4.79 Å².